The molecule has 0 bridgehead atoms. The van der Waals surface area contributed by atoms with Gasteiger partial charge in [-0.1, -0.05) is 17.8 Å². The number of thioether (sulfide) groups is 1. The lowest BCUT2D eigenvalue weighted by Crippen LogP contribution is -2.16. The van der Waals surface area contributed by atoms with Gasteiger partial charge in [0, 0.05) is 17.9 Å². The van der Waals surface area contributed by atoms with Gasteiger partial charge in [-0.25, -0.2) is 9.89 Å². The van der Waals surface area contributed by atoms with Crippen molar-refractivity contribution in [3.8, 4) is 0 Å². The van der Waals surface area contributed by atoms with Crippen LogP contribution in [0, 0.1) is 10.1 Å². The average Bonchev–Trinajstić information content (AvgIpc) is 3.21. The fourth-order valence-electron chi connectivity index (χ4n) is 2.03. The third kappa shape index (κ3) is 2.77. The molecule has 8 nitrogen and oxygen atoms in total. The van der Waals surface area contributed by atoms with Gasteiger partial charge in [-0.15, -0.1) is 5.10 Å². The Bertz CT molecular complexity index is 750. The molecule has 3 N–H and O–H groups in total. The summed E-state index contributed by atoms with van der Waals surface area (Å²) in [6.45, 7) is 0. The summed E-state index contributed by atoms with van der Waals surface area (Å²) in [4.78, 5) is 22.0. The summed E-state index contributed by atoms with van der Waals surface area (Å²) >= 11 is 1.37. The molecular formula is C12H13N5O3S. The van der Waals surface area contributed by atoms with E-state index in [2.05, 4.69) is 10.2 Å². The van der Waals surface area contributed by atoms with Crippen molar-refractivity contribution in [3.05, 3.63) is 44.4 Å². The van der Waals surface area contributed by atoms with Gasteiger partial charge in [0.1, 0.15) is 5.69 Å². The van der Waals surface area contributed by atoms with E-state index in [9.17, 15) is 14.9 Å². The normalized spacial score (nSPS) is 14.3. The number of aromatic nitrogens is 3. The predicted molar refractivity (Wildman–Crippen MR) is 78.2 cm³/mol. The summed E-state index contributed by atoms with van der Waals surface area (Å²) in [5, 5.41) is 17.9. The monoisotopic (exact) mass is 307 g/mol. The molecule has 21 heavy (non-hydrogen) atoms. The molecule has 1 aliphatic rings. The molecule has 1 fully saturated rings. The number of nitro groups is 1. The molecule has 1 heterocycles. The number of nitrogens with zero attached hydrogens (tertiary/aromatic N) is 3. The molecule has 0 spiro atoms. The Kier molecular flexibility index (Phi) is 3.42. The highest BCUT2D eigenvalue weighted by Crippen LogP contribution is 2.36. The van der Waals surface area contributed by atoms with Crippen LogP contribution < -0.4 is 11.4 Å². The second kappa shape index (κ2) is 5.24. The molecule has 1 saturated carbocycles. The van der Waals surface area contributed by atoms with Gasteiger partial charge in [-0.2, -0.15) is 0 Å². The van der Waals surface area contributed by atoms with Gasteiger partial charge in [0.15, 0.2) is 5.16 Å². The fraction of sp³-hybridized carbons (Fsp3) is 0.333. The van der Waals surface area contributed by atoms with E-state index in [0.717, 1.165) is 18.4 Å². The lowest BCUT2D eigenvalue weighted by molar-refractivity contribution is -0.383. The first kappa shape index (κ1) is 13.7. The van der Waals surface area contributed by atoms with E-state index < -0.39 is 4.92 Å². The van der Waals surface area contributed by atoms with Crippen LogP contribution in [-0.2, 0) is 5.75 Å². The highest BCUT2D eigenvalue weighted by molar-refractivity contribution is 7.98. The maximum atomic E-state index is 11.6. The molecule has 3 rings (SSSR count). The second-order valence-electron chi connectivity index (χ2n) is 4.85. The largest absolute Gasteiger partial charge is 0.393 e. The third-order valence-corrected chi connectivity index (χ3v) is 4.27. The first-order valence-corrected chi connectivity index (χ1v) is 7.37. The van der Waals surface area contributed by atoms with Crippen LogP contribution in [0.15, 0.2) is 28.2 Å². The van der Waals surface area contributed by atoms with Crippen molar-refractivity contribution in [1.82, 2.24) is 14.8 Å². The number of nitrogens with two attached hydrogens (primary N) is 1. The lowest BCUT2D eigenvalue weighted by atomic mass is 10.2. The predicted octanol–water partition coefficient (Wildman–Crippen LogP) is 1.69. The Morgan fingerprint density at radius 2 is 2.29 bits per heavy atom. The van der Waals surface area contributed by atoms with Gasteiger partial charge in [0.05, 0.1) is 4.92 Å². The highest BCUT2D eigenvalue weighted by Gasteiger charge is 2.28. The standard InChI is InChI=1S/C12H13N5O3S/c13-9-4-1-7(5-10(9)17(19)20)6-21-12-15-14-11(18)16(12)8-2-3-8/h1,4-5,8H,2-3,6,13H2,(H,14,18). The van der Waals surface area contributed by atoms with Crippen LogP contribution in [0.3, 0.4) is 0 Å². The Hall–Kier alpha value is -2.29. The van der Waals surface area contributed by atoms with Crippen LogP contribution in [0.1, 0.15) is 24.4 Å². The Balaban J connectivity index is 1.78. The van der Waals surface area contributed by atoms with Crippen LogP contribution in [0.4, 0.5) is 11.4 Å². The molecule has 1 aromatic heterocycles. The van der Waals surface area contributed by atoms with E-state index in [4.69, 9.17) is 5.73 Å². The van der Waals surface area contributed by atoms with Crippen molar-refractivity contribution in [2.24, 2.45) is 0 Å². The number of nitrogens with one attached hydrogen (secondary N) is 1. The summed E-state index contributed by atoms with van der Waals surface area (Å²) in [5.74, 6) is 0.484. The number of aromatic amines is 1. The zero-order valence-corrected chi connectivity index (χ0v) is 11.8. The van der Waals surface area contributed by atoms with E-state index in [-0.39, 0.29) is 23.1 Å². The number of benzene rings is 1. The van der Waals surface area contributed by atoms with Crippen molar-refractivity contribution in [3.63, 3.8) is 0 Å². The minimum Gasteiger partial charge on any atom is -0.393 e. The zero-order chi connectivity index (χ0) is 15.0. The molecule has 1 aromatic carbocycles. The van der Waals surface area contributed by atoms with Crippen LogP contribution in [-0.4, -0.2) is 19.7 Å². The van der Waals surface area contributed by atoms with Crippen LogP contribution in [0.25, 0.3) is 0 Å². The van der Waals surface area contributed by atoms with Gasteiger partial charge >= 0.3 is 5.69 Å². The van der Waals surface area contributed by atoms with Crippen molar-refractivity contribution in [2.45, 2.75) is 29.8 Å². The molecule has 110 valence electrons. The molecule has 0 amide bonds. The van der Waals surface area contributed by atoms with Gasteiger partial charge in [-0.3, -0.25) is 14.7 Å². The molecule has 0 unspecified atom stereocenters. The Morgan fingerprint density at radius 1 is 1.52 bits per heavy atom. The van der Waals surface area contributed by atoms with Crippen molar-refractivity contribution in [1.29, 1.82) is 0 Å². The Morgan fingerprint density at radius 3 is 2.95 bits per heavy atom. The van der Waals surface area contributed by atoms with Gasteiger partial charge in [-0.05, 0) is 24.5 Å². The quantitative estimate of drug-likeness (QED) is 0.375. The average molecular weight is 307 g/mol. The smallest absolute Gasteiger partial charge is 0.344 e. The number of H-pyrrole nitrogens is 1. The van der Waals surface area contributed by atoms with E-state index in [0.29, 0.717) is 10.9 Å². The van der Waals surface area contributed by atoms with E-state index in [1.54, 1.807) is 10.6 Å². The van der Waals surface area contributed by atoms with Crippen LogP contribution in [0.5, 0.6) is 0 Å². The summed E-state index contributed by atoms with van der Waals surface area (Å²) in [6.07, 6.45) is 1.97. The molecule has 0 atom stereocenters. The maximum absolute atomic E-state index is 11.6. The Labute approximate surface area is 123 Å². The topological polar surface area (TPSA) is 120 Å². The lowest BCUT2D eigenvalue weighted by Gasteiger charge is -2.04. The summed E-state index contributed by atoms with van der Waals surface area (Å²) < 4.78 is 1.65. The van der Waals surface area contributed by atoms with Crippen molar-refractivity contribution < 1.29 is 4.92 Å². The first-order valence-electron chi connectivity index (χ1n) is 6.39. The number of nitro benzene ring substituents is 1. The number of hydrogen-bond acceptors (Lipinski definition) is 6. The van der Waals surface area contributed by atoms with Crippen LogP contribution >= 0.6 is 11.8 Å². The maximum Gasteiger partial charge on any atom is 0.344 e. The minimum atomic E-state index is -0.502. The van der Waals surface area contributed by atoms with E-state index >= 15 is 0 Å². The number of rotatable bonds is 5. The molecule has 0 radical (unpaired) electrons. The summed E-state index contributed by atoms with van der Waals surface area (Å²) in [6, 6.07) is 4.95. The zero-order valence-electron chi connectivity index (χ0n) is 11.0. The van der Waals surface area contributed by atoms with E-state index in [1.807, 2.05) is 0 Å². The van der Waals surface area contributed by atoms with Crippen LogP contribution in [0.2, 0.25) is 0 Å². The molecule has 0 aliphatic heterocycles. The fourth-order valence-corrected chi connectivity index (χ4v) is 2.99. The van der Waals surface area contributed by atoms with Gasteiger partial charge in [0.25, 0.3) is 5.69 Å². The van der Waals surface area contributed by atoms with Gasteiger partial charge in [0.2, 0.25) is 0 Å². The highest BCUT2D eigenvalue weighted by atomic mass is 32.2. The van der Waals surface area contributed by atoms with E-state index in [1.165, 1.54) is 23.9 Å². The number of anilines is 1. The molecule has 9 heteroatoms. The SMILES string of the molecule is Nc1ccc(CSc2n[nH]c(=O)n2C2CC2)cc1[N+](=O)[O-]. The molecule has 0 saturated heterocycles. The summed E-state index contributed by atoms with van der Waals surface area (Å²) in [5.41, 5.74) is 6.16. The third-order valence-electron chi connectivity index (χ3n) is 3.24. The number of hydrogen-bond donors (Lipinski definition) is 2. The summed E-state index contributed by atoms with van der Waals surface area (Å²) in [7, 11) is 0. The number of nitrogen functional groups attached to an aromatic ring is 1. The first-order chi connectivity index (χ1) is 10.1. The molecular weight excluding hydrogens is 294 g/mol. The van der Waals surface area contributed by atoms with Crippen molar-refractivity contribution in [2.75, 3.05) is 5.73 Å². The van der Waals surface area contributed by atoms with Crippen molar-refractivity contribution >= 4 is 23.1 Å². The molecule has 2 aromatic rings. The minimum absolute atomic E-state index is 0.102. The second-order valence-corrected chi connectivity index (χ2v) is 5.79. The molecule has 1 aliphatic carbocycles. The van der Waals surface area contributed by atoms with Gasteiger partial charge < -0.3 is 5.73 Å².